The molecule has 0 aliphatic carbocycles. The molecule has 1 aliphatic rings. The Morgan fingerprint density at radius 2 is 2.27 bits per heavy atom. The van der Waals surface area contributed by atoms with E-state index in [4.69, 9.17) is 4.74 Å². The molecule has 0 aromatic heterocycles. The number of aliphatic imine (C=N–C) groups is 1. The van der Waals surface area contributed by atoms with Crippen LogP contribution in [0.25, 0.3) is 0 Å². The van der Waals surface area contributed by atoms with Crippen molar-refractivity contribution in [2.24, 2.45) is 10.9 Å². The van der Waals surface area contributed by atoms with Crippen molar-refractivity contribution in [2.45, 2.75) is 46.1 Å². The summed E-state index contributed by atoms with van der Waals surface area (Å²) in [5.41, 5.74) is 0. The molecular formula is C16H32N4O2. The highest BCUT2D eigenvalue weighted by molar-refractivity contribution is 5.81. The zero-order valence-corrected chi connectivity index (χ0v) is 14.5. The van der Waals surface area contributed by atoms with Crippen LogP contribution < -0.4 is 10.6 Å². The van der Waals surface area contributed by atoms with Gasteiger partial charge in [0.15, 0.2) is 5.96 Å². The number of piperidine rings is 1. The molecule has 1 saturated heterocycles. The Balaban J connectivity index is 2.40. The second-order valence-corrected chi connectivity index (χ2v) is 6.10. The third kappa shape index (κ3) is 7.11. The third-order valence-electron chi connectivity index (χ3n) is 3.75. The van der Waals surface area contributed by atoms with Crippen LogP contribution in [0, 0.1) is 5.92 Å². The van der Waals surface area contributed by atoms with E-state index in [1.54, 1.807) is 7.11 Å². The van der Waals surface area contributed by atoms with Crippen LogP contribution in [-0.4, -0.2) is 62.7 Å². The first-order valence-electron chi connectivity index (χ1n) is 8.38. The van der Waals surface area contributed by atoms with Gasteiger partial charge in [0.25, 0.3) is 0 Å². The van der Waals surface area contributed by atoms with Crippen LogP contribution in [-0.2, 0) is 9.53 Å². The fourth-order valence-corrected chi connectivity index (χ4v) is 2.68. The third-order valence-corrected chi connectivity index (χ3v) is 3.75. The monoisotopic (exact) mass is 312 g/mol. The molecule has 1 aliphatic heterocycles. The first-order valence-corrected chi connectivity index (χ1v) is 8.38. The number of guanidine groups is 1. The first-order chi connectivity index (χ1) is 10.6. The number of methoxy groups -OCH3 is 1. The van der Waals surface area contributed by atoms with Crippen molar-refractivity contribution in [3.8, 4) is 0 Å². The van der Waals surface area contributed by atoms with Crippen LogP contribution in [0.4, 0.5) is 0 Å². The number of amides is 1. The summed E-state index contributed by atoms with van der Waals surface area (Å²) < 4.78 is 5.11. The molecule has 0 saturated carbocycles. The van der Waals surface area contributed by atoms with Crippen molar-refractivity contribution in [1.82, 2.24) is 15.5 Å². The van der Waals surface area contributed by atoms with E-state index in [0.29, 0.717) is 25.5 Å². The van der Waals surface area contributed by atoms with Crippen molar-refractivity contribution in [3.05, 3.63) is 0 Å². The zero-order valence-electron chi connectivity index (χ0n) is 14.5. The Morgan fingerprint density at radius 3 is 2.91 bits per heavy atom. The molecule has 1 heterocycles. The molecule has 1 fully saturated rings. The van der Waals surface area contributed by atoms with Gasteiger partial charge in [-0.15, -0.1) is 0 Å². The van der Waals surface area contributed by atoms with Crippen LogP contribution in [0.5, 0.6) is 0 Å². The second-order valence-electron chi connectivity index (χ2n) is 6.10. The molecule has 0 bridgehead atoms. The van der Waals surface area contributed by atoms with E-state index in [0.717, 1.165) is 32.0 Å². The fraction of sp³-hybridized carbons (Fsp3) is 0.875. The summed E-state index contributed by atoms with van der Waals surface area (Å²) in [7, 11) is 1.68. The van der Waals surface area contributed by atoms with Gasteiger partial charge >= 0.3 is 0 Å². The Kier molecular flexibility index (Phi) is 8.89. The van der Waals surface area contributed by atoms with E-state index in [1.807, 2.05) is 18.7 Å². The van der Waals surface area contributed by atoms with E-state index >= 15 is 0 Å². The molecule has 2 N–H and O–H groups in total. The number of carbonyl (C=O) groups is 1. The van der Waals surface area contributed by atoms with Gasteiger partial charge in [0.2, 0.25) is 5.91 Å². The van der Waals surface area contributed by atoms with Crippen LogP contribution in [0.3, 0.4) is 0 Å². The number of likely N-dealkylation sites (tertiary alicyclic amines) is 1. The summed E-state index contributed by atoms with van der Waals surface area (Å²) in [6, 6.07) is 0.182. The second kappa shape index (κ2) is 10.4. The van der Waals surface area contributed by atoms with E-state index in [2.05, 4.69) is 22.5 Å². The van der Waals surface area contributed by atoms with Crippen molar-refractivity contribution >= 4 is 11.9 Å². The maximum absolute atomic E-state index is 12.2. The topological polar surface area (TPSA) is 66.0 Å². The minimum Gasteiger partial charge on any atom is -0.383 e. The normalized spacial score (nSPS) is 20.6. The smallest absolute Gasteiger partial charge is 0.224 e. The van der Waals surface area contributed by atoms with Crippen LogP contribution >= 0.6 is 0 Å². The quantitative estimate of drug-likeness (QED) is 0.548. The van der Waals surface area contributed by atoms with Gasteiger partial charge in [-0.05, 0) is 32.6 Å². The Hall–Kier alpha value is -1.30. The maximum Gasteiger partial charge on any atom is 0.224 e. The lowest BCUT2D eigenvalue weighted by Crippen LogP contribution is -2.44. The maximum atomic E-state index is 12.2. The minimum atomic E-state index is 0.182. The number of carbonyl (C=O) groups excluding carboxylic acids is 1. The fourth-order valence-electron chi connectivity index (χ4n) is 2.68. The molecule has 6 heteroatoms. The first kappa shape index (κ1) is 18.7. The minimum absolute atomic E-state index is 0.182. The average Bonchev–Trinajstić information content (AvgIpc) is 2.47. The average molecular weight is 312 g/mol. The summed E-state index contributed by atoms with van der Waals surface area (Å²) in [6.07, 6.45) is 2.82. The van der Waals surface area contributed by atoms with Gasteiger partial charge in [0.1, 0.15) is 0 Å². The zero-order chi connectivity index (χ0) is 16.4. The molecule has 1 amide bonds. The van der Waals surface area contributed by atoms with E-state index in [1.165, 1.54) is 6.42 Å². The predicted octanol–water partition coefficient (Wildman–Crippen LogP) is 1.23. The molecule has 128 valence electrons. The van der Waals surface area contributed by atoms with Crippen LogP contribution in [0.2, 0.25) is 0 Å². The molecule has 0 spiro atoms. The molecule has 0 radical (unpaired) electrons. The lowest BCUT2D eigenvalue weighted by Gasteiger charge is -2.30. The highest BCUT2D eigenvalue weighted by Gasteiger charge is 2.20. The van der Waals surface area contributed by atoms with Crippen molar-refractivity contribution in [1.29, 1.82) is 0 Å². The molecule has 6 nitrogen and oxygen atoms in total. The number of nitrogens with zero attached hydrogens (tertiary/aromatic N) is 2. The van der Waals surface area contributed by atoms with Gasteiger partial charge < -0.3 is 20.3 Å². The Labute approximate surface area is 134 Å². The molecule has 0 aromatic carbocycles. The number of rotatable bonds is 7. The van der Waals surface area contributed by atoms with Crippen LogP contribution in [0.15, 0.2) is 4.99 Å². The highest BCUT2D eigenvalue weighted by Crippen LogP contribution is 2.15. The van der Waals surface area contributed by atoms with Crippen molar-refractivity contribution in [2.75, 3.05) is 39.9 Å². The lowest BCUT2D eigenvalue weighted by atomic mass is 10.00. The van der Waals surface area contributed by atoms with Gasteiger partial charge in [-0.1, -0.05) is 6.92 Å². The van der Waals surface area contributed by atoms with Gasteiger partial charge in [0, 0.05) is 39.2 Å². The number of hydrogen-bond donors (Lipinski definition) is 2. The summed E-state index contributed by atoms with van der Waals surface area (Å²) in [5, 5.41) is 6.46. The molecule has 1 rings (SSSR count). The number of nitrogens with one attached hydrogen (secondary N) is 2. The van der Waals surface area contributed by atoms with Crippen molar-refractivity contribution < 1.29 is 9.53 Å². The molecule has 22 heavy (non-hydrogen) atoms. The van der Waals surface area contributed by atoms with E-state index in [-0.39, 0.29) is 11.9 Å². The van der Waals surface area contributed by atoms with Gasteiger partial charge in [0.05, 0.1) is 13.2 Å². The Morgan fingerprint density at radius 1 is 1.50 bits per heavy atom. The predicted molar refractivity (Wildman–Crippen MR) is 90.0 cm³/mol. The molecule has 2 unspecified atom stereocenters. The number of ether oxygens (including phenoxy) is 1. The lowest BCUT2D eigenvalue weighted by molar-refractivity contribution is -0.132. The highest BCUT2D eigenvalue weighted by atomic mass is 16.5. The summed E-state index contributed by atoms with van der Waals surface area (Å²) >= 11 is 0. The standard InChI is InChI=1S/C16H32N4O2/c1-5-17-16(19-14(3)12-22-4)18-9-8-15(21)20-10-6-7-13(2)11-20/h13-14H,5-12H2,1-4H3,(H2,17,18,19). The largest absolute Gasteiger partial charge is 0.383 e. The van der Waals surface area contributed by atoms with Gasteiger partial charge in [-0.25, -0.2) is 0 Å². The van der Waals surface area contributed by atoms with E-state index in [9.17, 15) is 4.79 Å². The van der Waals surface area contributed by atoms with E-state index < -0.39 is 0 Å². The van der Waals surface area contributed by atoms with Crippen molar-refractivity contribution in [3.63, 3.8) is 0 Å². The molecular weight excluding hydrogens is 280 g/mol. The van der Waals surface area contributed by atoms with Gasteiger partial charge in [-0.3, -0.25) is 9.79 Å². The number of hydrogen-bond acceptors (Lipinski definition) is 3. The van der Waals surface area contributed by atoms with Crippen LogP contribution in [0.1, 0.15) is 40.0 Å². The molecule has 0 aromatic rings. The summed E-state index contributed by atoms with van der Waals surface area (Å²) in [5.74, 6) is 1.58. The molecule has 2 atom stereocenters. The Bertz CT molecular complexity index is 360. The SMILES string of the molecule is CCNC(=NCCC(=O)N1CCCC(C)C1)NC(C)COC. The summed E-state index contributed by atoms with van der Waals surface area (Å²) in [6.45, 7) is 10.00. The summed E-state index contributed by atoms with van der Waals surface area (Å²) in [4.78, 5) is 18.7. The van der Waals surface area contributed by atoms with Gasteiger partial charge in [-0.2, -0.15) is 0 Å².